The minimum Gasteiger partial charge on any atom is -0.378 e. The lowest BCUT2D eigenvalue weighted by Gasteiger charge is -1.89. The molecule has 1 rings (SSSR count). The standard InChI is InChI=1S/C9H15NO2/c1-3-4-5-9-6-8(7-11-2)10-12-9/h6H,3-5,7H2,1-2H3. The van der Waals surface area contributed by atoms with Gasteiger partial charge in [0.25, 0.3) is 0 Å². The molecule has 0 saturated heterocycles. The van der Waals surface area contributed by atoms with Crippen molar-refractivity contribution in [3.63, 3.8) is 0 Å². The van der Waals surface area contributed by atoms with Gasteiger partial charge in [-0.25, -0.2) is 0 Å². The van der Waals surface area contributed by atoms with Crippen molar-refractivity contribution in [2.24, 2.45) is 0 Å². The molecule has 1 aromatic heterocycles. The van der Waals surface area contributed by atoms with E-state index in [9.17, 15) is 0 Å². The second kappa shape index (κ2) is 4.93. The lowest BCUT2D eigenvalue weighted by Crippen LogP contribution is -1.85. The average molecular weight is 169 g/mol. The zero-order valence-electron chi connectivity index (χ0n) is 7.67. The molecule has 3 heteroatoms. The predicted molar refractivity (Wildman–Crippen MR) is 45.8 cm³/mol. The molecule has 0 aliphatic rings. The van der Waals surface area contributed by atoms with E-state index in [0.29, 0.717) is 6.61 Å². The summed E-state index contributed by atoms with van der Waals surface area (Å²) in [5.74, 6) is 0.962. The summed E-state index contributed by atoms with van der Waals surface area (Å²) in [6.07, 6.45) is 3.31. The number of rotatable bonds is 5. The molecular weight excluding hydrogens is 154 g/mol. The minimum absolute atomic E-state index is 0.537. The third-order valence-corrected chi connectivity index (χ3v) is 1.68. The number of methoxy groups -OCH3 is 1. The molecule has 1 heterocycles. The highest BCUT2D eigenvalue weighted by molar-refractivity contribution is 5.04. The van der Waals surface area contributed by atoms with Crippen LogP contribution in [0.4, 0.5) is 0 Å². The Morgan fingerprint density at radius 3 is 3.08 bits per heavy atom. The molecule has 0 fully saturated rings. The van der Waals surface area contributed by atoms with E-state index in [2.05, 4.69) is 12.1 Å². The van der Waals surface area contributed by atoms with Crippen molar-refractivity contribution in [2.45, 2.75) is 32.8 Å². The van der Waals surface area contributed by atoms with Crippen molar-refractivity contribution < 1.29 is 9.26 Å². The lowest BCUT2D eigenvalue weighted by molar-refractivity contribution is 0.177. The van der Waals surface area contributed by atoms with Gasteiger partial charge in [0.15, 0.2) is 0 Å². The Morgan fingerprint density at radius 1 is 1.58 bits per heavy atom. The van der Waals surface area contributed by atoms with Crippen LogP contribution >= 0.6 is 0 Å². The summed E-state index contributed by atoms with van der Waals surface area (Å²) in [7, 11) is 1.65. The highest BCUT2D eigenvalue weighted by atomic mass is 16.5. The van der Waals surface area contributed by atoms with Gasteiger partial charge in [-0.1, -0.05) is 18.5 Å². The fraction of sp³-hybridized carbons (Fsp3) is 0.667. The largest absolute Gasteiger partial charge is 0.378 e. The van der Waals surface area contributed by atoms with Gasteiger partial charge in [-0.05, 0) is 6.42 Å². The molecular formula is C9H15NO2. The zero-order valence-corrected chi connectivity index (χ0v) is 7.67. The molecule has 0 spiro atoms. The van der Waals surface area contributed by atoms with Gasteiger partial charge in [0.2, 0.25) is 0 Å². The molecule has 0 atom stereocenters. The van der Waals surface area contributed by atoms with Crippen molar-refractivity contribution in [1.29, 1.82) is 0 Å². The summed E-state index contributed by atoms with van der Waals surface area (Å²) < 4.78 is 10.0. The van der Waals surface area contributed by atoms with Crippen LogP contribution < -0.4 is 0 Å². The first kappa shape index (κ1) is 9.26. The second-order valence-electron chi connectivity index (χ2n) is 2.82. The Bertz CT molecular complexity index is 220. The maximum Gasteiger partial charge on any atom is 0.137 e. The summed E-state index contributed by atoms with van der Waals surface area (Å²) >= 11 is 0. The van der Waals surface area contributed by atoms with Crippen LogP contribution in [0.15, 0.2) is 10.6 Å². The van der Waals surface area contributed by atoms with E-state index in [1.807, 2.05) is 6.07 Å². The molecule has 12 heavy (non-hydrogen) atoms. The van der Waals surface area contributed by atoms with E-state index in [1.165, 1.54) is 6.42 Å². The number of unbranched alkanes of at least 4 members (excludes halogenated alkanes) is 1. The highest BCUT2D eigenvalue weighted by Gasteiger charge is 2.02. The maximum absolute atomic E-state index is 5.09. The number of aryl methyl sites for hydroxylation is 1. The van der Waals surface area contributed by atoms with Crippen LogP contribution in [0.5, 0.6) is 0 Å². The Hall–Kier alpha value is -0.830. The van der Waals surface area contributed by atoms with E-state index < -0.39 is 0 Å². The molecule has 0 aliphatic heterocycles. The van der Waals surface area contributed by atoms with E-state index in [-0.39, 0.29) is 0 Å². The zero-order chi connectivity index (χ0) is 8.81. The Labute approximate surface area is 72.7 Å². The smallest absolute Gasteiger partial charge is 0.137 e. The molecule has 0 amide bonds. The number of hydrogen-bond donors (Lipinski definition) is 0. The summed E-state index contributed by atoms with van der Waals surface area (Å²) in [5, 5.41) is 3.86. The summed E-state index contributed by atoms with van der Waals surface area (Å²) in [5.41, 5.74) is 0.878. The first-order valence-corrected chi connectivity index (χ1v) is 4.30. The van der Waals surface area contributed by atoms with E-state index in [1.54, 1.807) is 7.11 Å². The van der Waals surface area contributed by atoms with E-state index in [4.69, 9.17) is 9.26 Å². The first-order chi connectivity index (χ1) is 5.86. The quantitative estimate of drug-likeness (QED) is 0.677. The third kappa shape index (κ3) is 2.66. The average Bonchev–Trinajstić information content (AvgIpc) is 2.50. The van der Waals surface area contributed by atoms with Crippen LogP contribution in [-0.4, -0.2) is 12.3 Å². The van der Waals surface area contributed by atoms with Crippen LogP contribution in [-0.2, 0) is 17.8 Å². The predicted octanol–water partition coefficient (Wildman–Crippen LogP) is 2.16. The van der Waals surface area contributed by atoms with Gasteiger partial charge < -0.3 is 9.26 Å². The van der Waals surface area contributed by atoms with E-state index in [0.717, 1.165) is 24.3 Å². The Morgan fingerprint density at radius 2 is 2.42 bits per heavy atom. The molecule has 0 radical (unpaired) electrons. The fourth-order valence-corrected chi connectivity index (χ4v) is 1.04. The Balaban J connectivity index is 2.41. The molecule has 0 unspecified atom stereocenters. The van der Waals surface area contributed by atoms with Gasteiger partial charge in [0, 0.05) is 19.6 Å². The van der Waals surface area contributed by atoms with Gasteiger partial charge >= 0.3 is 0 Å². The molecule has 1 aromatic rings. The molecule has 0 aliphatic carbocycles. The van der Waals surface area contributed by atoms with Crippen molar-refractivity contribution in [1.82, 2.24) is 5.16 Å². The van der Waals surface area contributed by atoms with Crippen LogP contribution in [0.25, 0.3) is 0 Å². The molecule has 0 N–H and O–H groups in total. The highest BCUT2D eigenvalue weighted by Crippen LogP contribution is 2.07. The summed E-state index contributed by atoms with van der Waals surface area (Å²) in [4.78, 5) is 0. The van der Waals surface area contributed by atoms with Crippen LogP contribution in [0.3, 0.4) is 0 Å². The van der Waals surface area contributed by atoms with Gasteiger partial charge in [-0.15, -0.1) is 0 Å². The lowest BCUT2D eigenvalue weighted by atomic mass is 10.2. The fourth-order valence-electron chi connectivity index (χ4n) is 1.04. The maximum atomic E-state index is 5.09. The Kier molecular flexibility index (Phi) is 3.80. The molecule has 0 bridgehead atoms. The van der Waals surface area contributed by atoms with E-state index >= 15 is 0 Å². The van der Waals surface area contributed by atoms with Gasteiger partial charge in [0.05, 0.1) is 6.61 Å². The number of ether oxygens (including phenoxy) is 1. The number of aromatic nitrogens is 1. The molecule has 68 valence electrons. The molecule has 0 aromatic carbocycles. The molecule has 3 nitrogen and oxygen atoms in total. The number of hydrogen-bond acceptors (Lipinski definition) is 3. The van der Waals surface area contributed by atoms with Crippen molar-refractivity contribution in [2.75, 3.05) is 7.11 Å². The van der Waals surface area contributed by atoms with Crippen molar-refractivity contribution in [3.05, 3.63) is 17.5 Å². The second-order valence-corrected chi connectivity index (χ2v) is 2.82. The summed E-state index contributed by atoms with van der Waals surface area (Å²) in [6, 6.07) is 1.96. The van der Waals surface area contributed by atoms with Crippen LogP contribution in [0.1, 0.15) is 31.2 Å². The minimum atomic E-state index is 0.537. The van der Waals surface area contributed by atoms with Crippen molar-refractivity contribution >= 4 is 0 Å². The van der Waals surface area contributed by atoms with Gasteiger partial charge in [0.1, 0.15) is 11.5 Å². The monoisotopic (exact) mass is 169 g/mol. The number of nitrogens with zero attached hydrogens (tertiary/aromatic N) is 1. The third-order valence-electron chi connectivity index (χ3n) is 1.68. The summed E-state index contributed by atoms with van der Waals surface area (Å²) in [6.45, 7) is 2.70. The van der Waals surface area contributed by atoms with Crippen LogP contribution in [0.2, 0.25) is 0 Å². The van der Waals surface area contributed by atoms with Gasteiger partial charge in [-0.2, -0.15) is 0 Å². The van der Waals surface area contributed by atoms with Gasteiger partial charge in [-0.3, -0.25) is 0 Å². The topological polar surface area (TPSA) is 35.3 Å². The SMILES string of the molecule is CCCCc1cc(COC)no1. The molecule has 0 saturated carbocycles. The first-order valence-electron chi connectivity index (χ1n) is 4.30. The van der Waals surface area contributed by atoms with Crippen molar-refractivity contribution in [3.8, 4) is 0 Å². The van der Waals surface area contributed by atoms with Crippen LogP contribution in [0, 0.1) is 0 Å². The normalized spacial score (nSPS) is 10.5.